The Balaban J connectivity index is 2.01. The van der Waals surface area contributed by atoms with Gasteiger partial charge in [-0.2, -0.15) is 0 Å². The minimum atomic E-state index is -0.344. The number of benzene rings is 1. The third kappa shape index (κ3) is 3.71. The van der Waals surface area contributed by atoms with Crippen LogP contribution < -0.4 is 11.1 Å². The van der Waals surface area contributed by atoms with Gasteiger partial charge in [-0.15, -0.1) is 11.3 Å². The van der Waals surface area contributed by atoms with Crippen LogP contribution in [-0.4, -0.2) is 16.5 Å². The molecule has 0 fully saturated rings. The third-order valence-electron chi connectivity index (χ3n) is 2.61. The van der Waals surface area contributed by atoms with Crippen LogP contribution >= 0.6 is 23.6 Å². The van der Waals surface area contributed by atoms with Crippen molar-refractivity contribution in [1.82, 2.24) is 4.98 Å². The molecule has 1 aromatic heterocycles. The molecule has 0 aliphatic rings. The molecule has 19 heavy (non-hydrogen) atoms. The fourth-order valence-corrected chi connectivity index (χ4v) is 2.54. The number of anilines is 1. The summed E-state index contributed by atoms with van der Waals surface area (Å²) < 4.78 is 13.1. The average molecular weight is 295 g/mol. The van der Waals surface area contributed by atoms with E-state index in [1.54, 1.807) is 17.4 Å². The van der Waals surface area contributed by atoms with Gasteiger partial charge in [-0.25, -0.2) is 9.37 Å². The summed E-state index contributed by atoms with van der Waals surface area (Å²) in [4.78, 5) is 4.57. The van der Waals surface area contributed by atoms with Crippen molar-refractivity contribution in [3.05, 3.63) is 45.7 Å². The molecular formula is C13H14FN3S2. The largest absolute Gasteiger partial charge is 0.389 e. The number of hydrogen-bond acceptors (Lipinski definition) is 4. The van der Waals surface area contributed by atoms with Crippen LogP contribution in [0, 0.1) is 12.7 Å². The Morgan fingerprint density at radius 2 is 2.32 bits per heavy atom. The molecule has 0 amide bonds. The molecule has 1 aromatic carbocycles. The zero-order chi connectivity index (χ0) is 13.8. The number of nitrogens with two attached hydrogens (primary N) is 1. The number of rotatable bonds is 5. The van der Waals surface area contributed by atoms with E-state index in [1.165, 1.54) is 12.1 Å². The first kappa shape index (κ1) is 13.9. The Morgan fingerprint density at radius 1 is 1.53 bits per heavy atom. The summed E-state index contributed by atoms with van der Waals surface area (Å²) in [5.41, 5.74) is 7.92. The molecule has 0 aliphatic heterocycles. The lowest BCUT2D eigenvalue weighted by Gasteiger charge is -2.10. The number of nitrogens with one attached hydrogen (secondary N) is 1. The standard InChI is InChI=1S/C13H14FN3S2/c1-8-17-10(7-19-8)4-5-16-12-3-2-9(14)6-11(12)13(15)18/h2-3,6-7,16H,4-5H2,1H3,(H2,15,18). The Labute approximate surface area is 120 Å². The van der Waals surface area contributed by atoms with Gasteiger partial charge in [0.05, 0.1) is 10.7 Å². The molecule has 0 aliphatic carbocycles. The van der Waals surface area contributed by atoms with Crippen LogP contribution in [0.25, 0.3) is 0 Å². The quantitative estimate of drug-likeness (QED) is 0.833. The second kappa shape index (κ2) is 6.08. The number of thiazole rings is 1. The maximum absolute atomic E-state index is 13.1. The second-order valence-electron chi connectivity index (χ2n) is 4.09. The van der Waals surface area contributed by atoms with Gasteiger partial charge in [-0.1, -0.05) is 12.2 Å². The van der Waals surface area contributed by atoms with Crippen molar-refractivity contribution in [2.45, 2.75) is 13.3 Å². The molecule has 0 spiro atoms. The van der Waals surface area contributed by atoms with Crippen molar-refractivity contribution in [3.63, 3.8) is 0 Å². The first-order valence-corrected chi connectivity index (χ1v) is 7.09. The van der Waals surface area contributed by atoms with E-state index in [-0.39, 0.29) is 10.8 Å². The monoisotopic (exact) mass is 295 g/mol. The van der Waals surface area contributed by atoms with Crippen LogP contribution in [0.15, 0.2) is 23.6 Å². The predicted molar refractivity (Wildman–Crippen MR) is 81.3 cm³/mol. The summed E-state index contributed by atoms with van der Waals surface area (Å²) in [5.74, 6) is -0.344. The molecule has 2 rings (SSSR count). The average Bonchev–Trinajstić information content (AvgIpc) is 2.77. The van der Waals surface area contributed by atoms with Gasteiger partial charge in [0, 0.05) is 29.6 Å². The Morgan fingerprint density at radius 3 is 2.95 bits per heavy atom. The van der Waals surface area contributed by atoms with Gasteiger partial charge < -0.3 is 11.1 Å². The molecule has 0 bridgehead atoms. The summed E-state index contributed by atoms with van der Waals surface area (Å²) in [6.45, 7) is 2.68. The first-order chi connectivity index (χ1) is 9.06. The lowest BCUT2D eigenvalue weighted by Crippen LogP contribution is -2.15. The zero-order valence-electron chi connectivity index (χ0n) is 10.4. The second-order valence-corrected chi connectivity index (χ2v) is 5.59. The van der Waals surface area contributed by atoms with E-state index in [0.717, 1.165) is 22.8 Å². The summed E-state index contributed by atoms with van der Waals surface area (Å²) in [6.07, 6.45) is 0.804. The van der Waals surface area contributed by atoms with E-state index in [9.17, 15) is 4.39 Å². The van der Waals surface area contributed by atoms with Crippen molar-refractivity contribution in [2.24, 2.45) is 5.73 Å². The van der Waals surface area contributed by atoms with Gasteiger partial charge in [-0.05, 0) is 25.1 Å². The van der Waals surface area contributed by atoms with Crippen LogP contribution in [0.4, 0.5) is 10.1 Å². The van der Waals surface area contributed by atoms with Gasteiger partial charge in [0.25, 0.3) is 0 Å². The van der Waals surface area contributed by atoms with E-state index in [0.29, 0.717) is 12.1 Å². The molecule has 0 atom stereocenters. The van der Waals surface area contributed by atoms with Crippen LogP contribution in [0.5, 0.6) is 0 Å². The molecule has 3 N–H and O–H groups in total. The van der Waals surface area contributed by atoms with Crippen LogP contribution in [0.2, 0.25) is 0 Å². The van der Waals surface area contributed by atoms with E-state index < -0.39 is 0 Å². The maximum Gasteiger partial charge on any atom is 0.124 e. The molecule has 100 valence electrons. The molecule has 1 heterocycles. The molecule has 6 heteroatoms. The summed E-state index contributed by atoms with van der Waals surface area (Å²) in [5, 5.41) is 6.30. The summed E-state index contributed by atoms with van der Waals surface area (Å²) in [7, 11) is 0. The molecule has 0 unspecified atom stereocenters. The molecule has 2 aromatic rings. The third-order valence-corrected chi connectivity index (χ3v) is 3.65. The van der Waals surface area contributed by atoms with Crippen LogP contribution in [0.1, 0.15) is 16.3 Å². The summed E-state index contributed by atoms with van der Waals surface area (Å²) >= 11 is 6.55. The number of aromatic nitrogens is 1. The zero-order valence-corrected chi connectivity index (χ0v) is 12.1. The van der Waals surface area contributed by atoms with Crippen molar-refractivity contribution in [3.8, 4) is 0 Å². The molecule has 0 saturated carbocycles. The van der Waals surface area contributed by atoms with E-state index in [2.05, 4.69) is 10.3 Å². The minimum Gasteiger partial charge on any atom is -0.389 e. The number of halogens is 1. The fraction of sp³-hybridized carbons (Fsp3) is 0.231. The highest BCUT2D eigenvalue weighted by atomic mass is 32.1. The van der Waals surface area contributed by atoms with Crippen molar-refractivity contribution >= 4 is 34.2 Å². The minimum absolute atomic E-state index is 0.187. The van der Waals surface area contributed by atoms with Crippen molar-refractivity contribution < 1.29 is 4.39 Å². The van der Waals surface area contributed by atoms with Crippen LogP contribution in [-0.2, 0) is 6.42 Å². The van der Waals surface area contributed by atoms with Gasteiger partial charge in [0.15, 0.2) is 0 Å². The van der Waals surface area contributed by atoms with E-state index in [1.807, 2.05) is 12.3 Å². The lowest BCUT2D eigenvalue weighted by atomic mass is 10.1. The van der Waals surface area contributed by atoms with E-state index in [4.69, 9.17) is 18.0 Å². The Kier molecular flexibility index (Phi) is 4.44. The SMILES string of the molecule is Cc1nc(CCNc2ccc(F)cc2C(N)=S)cs1. The normalized spacial score (nSPS) is 10.4. The highest BCUT2D eigenvalue weighted by Crippen LogP contribution is 2.17. The number of aryl methyl sites for hydroxylation is 1. The number of nitrogens with zero attached hydrogens (tertiary/aromatic N) is 1. The highest BCUT2D eigenvalue weighted by Gasteiger charge is 2.06. The van der Waals surface area contributed by atoms with Gasteiger partial charge >= 0.3 is 0 Å². The smallest absolute Gasteiger partial charge is 0.124 e. The molecule has 0 radical (unpaired) electrons. The summed E-state index contributed by atoms with van der Waals surface area (Å²) in [6, 6.07) is 4.38. The topological polar surface area (TPSA) is 50.9 Å². The highest BCUT2D eigenvalue weighted by molar-refractivity contribution is 7.80. The van der Waals surface area contributed by atoms with Gasteiger partial charge in [-0.3, -0.25) is 0 Å². The first-order valence-electron chi connectivity index (χ1n) is 5.80. The van der Waals surface area contributed by atoms with Crippen molar-refractivity contribution in [2.75, 3.05) is 11.9 Å². The fourth-order valence-electron chi connectivity index (χ4n) is 1.72. The number of thiocarbonyl (C=S) groups is 1. The van der Waals surface area contributed by atoms with Gasteiger partial charge in [0.1, 0.15) is 10.8 Å². The lowest BCUT2D eigenvalue weighted by molar-refractivity contribution is 0.627. The Bertz CT molecular complexity index is 595. The molecule has 3 nitrogen and oxygen atoms in total. The molecule has 0 saturated heterocycles. The number of hydrogen-bond donors (Lipinski definition) is 2. The van der Waals surface area contributed by atoms with E-state index >= 15 is 0 Å². The van der Waals surface area contributed by atoms with Crippen LogP contribution in [0.3, 0.4) is 0 Å². The maximum atomic E-state index is 13.1. The predicted octanol–water partition coefficient (Wildman–Crippen LogP) is 2.88. The molecular weight excluding hydrogens is 281 g/mol. The Hall–Kier alpha value is -1.53. The van der Waals surface area contributed by atoms with Crippen molar-refractivity contribution in [1.29, 1.82) is 0 Å². The van der Waals surface area contributed by atoms with Gasteiger partial charge in [0.2, 0.25) is 0 Å².